The van der Waals surface area contributed by atoms with E-state index in [0.717, 1.165) is 38.3 Å². The van der Waals surface area contributed by atoms with Gasteiger partial charge in [0.15, 0.2) is 0 Å². The summed E-state index contributed by atoms with van der Waals surface area (Å²) in [6.45, 7) is 7.99. The third kappa shape index (κ3) is 4.68. The lowest BCUT2D eigenvalue weighted by molar-refractivity contribution is 0.200. The van der Waals surface area contributed by atoms with Gasteiger partial charge < -0.3 is 10.2 Å². The molecule has 1 aromatic rings. The van der Waals surface area contributed by atoms with Crippen LogP contribution in [0.3, 0.4) is 0 Å². The predicted molar refractivity (Wildman–Crippen MR) is 86.9 cm³/mol. The van der Waals surface area contributed by atoms with Crippen molar-refractivity contribution in [3.63, 3.8) is 0 Å². The van der Waals surface area contributed by atoms with Gasteiger partial charge in [0.05, 0.1) is 11.2 Å². The summed E-state index contributed by atoms with van der Waals surface area (Å²) in [6.07, 6.45) is 3.45. The topological polar surface area (TPSA) is 48.5 Å². The second-order valence-electron chi connectivity index (χ2n) is 5.81. The van der Waals surface area contributed by atoms with Gasteiger partial charge in [-0.2, -0.15) is 0 Å². The maximum atomic E-state index is 12.1. The van der Waals surface area contributed by atoms with Crippen molar-refractivity contribution in [2.45, 2.75) is 39.2 Å². The molecule has 0 aromatic carbocycles. The molecular weight excluding hydrogens is 284 g/mol. The minimum absolute atomic E-state index is 0.0169. The first kappa shape index (κ1) is 16.2. The van der Waals surface area contributed by atoms with Crippen molar-refractivity contribution < 1.29 is 4.79 Å². The fraction of sp³-hybridized carbons (Fsp3) is 0.733. The van der Waals surface area contributed by atoms with Crippen LogP contribution in [0.25, 0.3) is 0 Å². The summed E-state index contributed by atoms with van der Waals surface area (Å²) in [5.74, 6) is 0. The SMILES string of the molecule is Cc1ncsc1CCN(C)C(=O)NC[C@@H](C)N1CCCC1. The highest BCUT2D eigenvalue weighted by molar-refractivity contribution is 7.09. The number of hydrogen-bond acceptors (Lipinski definition) is 4. The van der Waals surface area contributed by atoms with Crippen LogP contribution < -0.4 is 5.32 Å². The Morgan fingerprint density at radius 3 is 2.86 bits per heavy atom. The monoisotopic (exact) mass is 310 g/mol. The number of amides is 2. The van der Waals surface area contributed by atoms with Crippen molar-refractivity contribution in [2.75, 3.05) is 33.2 Å². The molecule has 1 saturated heterocycles. The lowest BCUT2D eigenvalue weighted by atomic mass is 10.3. The Labute approximate surface area is 131 Å². The lowest BCUT2D eigenvalue weighted by Gasteiger charge is -2.25. The molecule has 2 rings (SSSR count). The first-order valence-corrected chi connectivity index (χ1v) is 8.58. The van der Waals surface area contributed by atoms with Gasteiger partial charge in [-0.3, -0.25) is 4.90 Å². The van der Waals surface area contributed by atoms with Crippen LogP contribution >= 0.6 is 11.3 Å². The van der Waals surface area contributed by atoms with Crippen molar-refractivity contribution >= 4 is 17.4 Å². The van der Waals surface area contributed by atoms with E-state index in [-0.39, 0.29) is 6.03 Å². The number of aromatic nitrogens is 1. The second-order valence-corrected chi connectivity index (χ2v) is 6.75. The zero-order chi connectivity index (χ0) is 15.2. The molecule has 1 atom stereocenters. The second kappa shape index (κ2) is 7.75. The van der Waals surface area contributed by atoms with E-state index in [0.29, 0.717) is 6.04 Å². The Morgan fingerprint density at radius 2 is 2.24 bits per heavy atom. The zero-order valence-corrected chi connectivity index (χ0v) is 14.1. The molecular formula is C15H26N4OS. The van der Waals surface area contributed by atoms with Gasteiger partial charge in [-0.1, -0.05) is 0 Å². The van der Waals surface area contributed by atoms with Gasteiger partial charge in [0.1, 0.15) is 0 Å². The van der Waals surface area contributed by atoms with E-state index in [1.54, 1.807) is 16.2 Å². The van der Waals surface area contributed by atoms with Crippen molar-refractivity contribution in [1.82, 2.24) is 20.1 Å². The van der Waals surface area contributed by atoms with E-state index in [2.05, 4.69) is 22.1 Å². The number of carbonyl (C=O) groups is 1. The first-order chi connectivity index (χ1) is 10.1. The molecule has 1 aliphatic rings. The van der Waals surface area contributed by atoms with Crippen molar-refractivity contribution in [3.8, 4) is 0 Å². The molecule has 21 heavy (non-hydrogen) atoms. The molecule has 1 fully saturated rings. The molecule has 0 aliphatic carbocycles. The van der Waals surface area contributed by atoms with Gasteiger partial charge in [0.2, 0.25) is 0 Å². The highest BCUT2D eigenvalue weighted by Crippen LogP contribution is 2.13. The number of urea groups is 1. The number of likely N-dealkylation sites (tertiary alicyclic amines) is 1. The number of nitrogens with one attached hydrogen (secondary N) is 1. The third-order valence-corrected chi connectivity index (χ3v) is 5.17. The number of hydrogen-bond donors (Lipinski definition) is 1. The molecule has 0 unspecified atom stereocenters. The Balaban J connectivity index is 1.68. The molecule has 6 heteroatoms. The summed E-state index contributed by atoms with van der Waals surface area (Å²) in [6, 6.07) is 0.441. The maximum Gasteiger partial charge on any atom is 0.317 e. The van der Waals surface area contributed by atoms with Gasteiger partial charge in [-0.15, -0.1) is 11.3 Å². The van der Waals surface area contributed by atoms with Crippen molar-refractivity contribution in [2.24, 2.45) is 0 Å². The minimum Gasteiger partial charge on any atom is -0.336 e. The van der Waals surface area contributed by atoms with E-state index < -0.39 is 0 Å². The van der Waals surface area contributed by atoms with E-state index in [4.69, 9.17) is 0 Å². The van der Waals surface area contributed by atoms with Gasteiger partial charge in [0.25, 0.3) is 0 Å². The highest BCUT2D eigenvalue weighted by Gasteiger charge is 2.19. The van der Waals surface area contributed by atoms with Crippen LogP contribution in [0.1, 0.15) is 30.3 Å². The summed E-state index contributed by atoms with van der Waals surface area (Å²) >= 11 is 1.66. The van der Waals surface area contributed by atoms with Crippen LogP contribution in [-0.2, 0) is 6.42 Å². The molecule has 0 radical (unpaired) electrons. The van der Waals surface area contributed by atoms with Crippen LogP contribution in [-0.4, -0.2) is 60.1 Å². The van der Waals surface area contributed by atoms with Crippen LogP contribution in [0.15, 0.2) is 5.51 Å². The predicted octanol–water partition coefficient (Wildman–Crippen LogP) is 2.12. The largest absolute Gasteiger partial charge is 0.336 e. The van der Waals surface area contributed by atoms with Gasteiger partial charge >= 0.3 is 6.03 Å². The standard InChI is InChI=1S/C15H26N4OS/c1-12(19-7-4-5-8-19)10-16-15(20)18(3)9-6-14-13(2)17-11-21-14/h11-12H,4-10H2,1-3H3,(H,16,20)/t12-/m1/s1. The number of nitrogens with zero attached hydrogens (tertiary/aromatic N) is 3. The summed E-state index contributed by atoms with van der Waals surface area (Å²) in [5.41, 5.74) is 2.94. The number of rotatable bonds is 6. The molecule has 5 nitrogen and oxygen atoms in total. The molecule has 2 heterocycles. The van der Waals surface area contributed by atoms with Gasteiger partial charge in [0, 0.05) is 37.5 Å². The Hall–Kier alpha value is -1.14. The molecule has 0 spiro atoms. The van der Waals surface area contributed by atoms with Crippen molar-refractivity contribution in [1.29, 1.82) is 0 Å². The number of aryl methyl sites for hydroxylation is 1. The van der Waals surface area contributed by atoms with E-state index in [1.165, 1.54) is 17.7 Å². The Morgan fingerprint density at radius 1 is 1.52 bits per heavy atom. The van der Waals surface area contributed by atoms with E-state index in [9.17, 15) is 4.79 Å². The van der Waals surface area contributed by atoms with Gasteiger partial charge in [-0.05, 0) is 39.8 Å². The number of thiazole rings is 1. The molecule has 0 bridgehead atoms. The summed E-state index contributed by atoms with van der Waals surface area (Å²) in [7, 11) is 1.85. The molecule has 1 aliphatic heterocycles. The third-order valence-electron chi connectivity index (χ3n) is 4.18. The fourth-order valence-electron chi connectivity index (χ4n) is 2.62. The van der Waals surface area contributed by atoms with Gasteiger partial charge in [-0.25, -0.2) is 9.78 Å². The fourth-order valence-corrected chi connectivity index (χ4v) is 3.39. The maximum absolute atomic E-state index is 12.1. The minimum atomic E-state index is 0.0169. The van der Waals surface area contributed by atoms with E-state index >= 15 is 0 Å². The van der Waals surface area contributed by atoms with E-state index in [1.807, 2.05) is 19.5 Å². The first-order valence-electron chi connectivity index (χ1n) is 7.70. The summed E-state index contributed by atoms with van der Waals surface area (Å²) in [4.78, 5) is 21.8. The summed E-state index contributed by atoms with van der Waals surface area (Å²) in [5, 5.41) is 3.04. The van der Waals surface area contributed by atoms with Crippen LogP contribution in [0, 0.1) is 6.92 Å². The molecule has 1 aromatic heterocycles. The normalized spacial score (nSPS) is 16.9. The van der Waals surface area contributed by atoms with Crippen LogP contribution in [0.5, 0.6) is 0 Å². The lowest BCUT2D eigenvalue weighted by Crippen LogP contribution is -2.45. The molecule has 118 valence electrons. The quantitative estimate of drug-likeness (QED) is 0.875. The van der Waals surface area contributed by atoms with Crippen LogP contribution in [0.4, 0.5) is 4.79 Å². The number of carbonyl (C=O) groups excluding carboxylic acids is 1. The average molecular weight is 310 g/mol. The molecule has 1 N–H and O–H groups in total. The molecule has 2 amide bonds. The van der Waals surface area contributed by atoms with Crippen LogP contribution in [0.2, 0.25) is 0 Å². The Kier molecular flexibility index (Phi) is 5.99. The molecule has 0 saturated carbocycles. The Bertz CT molecular complexity index is 456. The average Bonchev–Trinajstić information content (AvgIpc) is 3.13. The zero-order valence-electron chi connectivity index (χ0n) is 13.3. The highest BCUT2D eigenvalue weighted by atomic mass is 32.1. The van der Waals surface area contributed by atoms with Crippen molar-refractivity contribution in [3.05, 3.63) is 16.1 Å². The number of likely N-dealkylation sites (N-methyl/N-ethyl adjacent to an activating group) is 1. The smallest absolute Gasteiger partial charge is 0.317 e. The summed E-state index contributed by atoms with van der Waals surface area (Å²) < 4.78 is 0.